The quantitative estimate of drug-likeness (QED) is 0.741. The first-order chi connectivity index (χ1) is 9.35. The summed E-state index contributed by atoms with van der Waals surface area (Å²) in [5, 5.41) is 3.54. The number of rotatable bonds is 7. The Morgan fingerprint density at radius 2 is 2.21 bits per heavy atom. The highest BCUT2D eigenvalue weighted by Crippen LogP contribution is 2.25. The molecule has 0 aliphatic heterocycles. The number of nitrogens with two attached hydrogens (primary N) is 1. The first kappa shape index (κ1) is 14.1. The van der Waals surface area contributed by atoms with Crippen LogP contribution in [0.15, 0.2) is 35.9 Å². The van der Waals surface area contributed by atoms with Gasteiger partial charge in [-0.15, -0.1) is 0 Å². The second kappa shape index (κ2) is 7.31. The molecule has 3 N–H and O–H groups in total. The molecule has 2 rings (SSSR count). The Labute approximate surface area is 115 Å². The molecule has 0 amide bonds. The molecule has 104 valence electrons. The molecule has 0 spiro atoms. The molecule has 1 atom stereocenters. The van der Waals surface area contributed by atoms with E-state index in [-0.39, 0.29) is 6.04 Å². The van der Waals surface area contributed by atoms with Crippen molar-refractivity contribution in [2.75, 3.05) is 20.2 Å². The number of hydrogen-bond acceptors (Lipinski definition) is 3. The molecule has 1 unspecified atom stereocenters. The Morgan fingerprint density at radius 1 is 1.37 bits per heavy atom. The Balaban J connectivity index is 1.91. The van der Waals surface area contributed by atoms with Gasteiger partial charge in [0, 0.05) is 18.2 Å². The highest BCUT2D eigenvalue weighted by atomic mass is 16.5. The van der Waals surface area contributed by atoms with Crippen LogP contribution in [-0.4, -0.2) is 20.2 Å². The lowest BCUT2D eigenvalue weighted by Gasteiger charge is -2.20. The molecule has 3 nitrogen and oxygen atoms in total. The van der Waals surface area contributed by atoms with Gasteiger partial charge in [-0.25, -0.2) is 0 Å². The Bertz CT molecular complexity index is 429. The molecule has 3 heteroatoms. The van der Waals surface area contributed by atoms with Gasteiger partial charge in [-0.2, -0.15) is 0 Å². The maximum Gasteiger partial charge on any atom is 0.123 e. The molecule has 0 saturated carbocycles. The molecule has 0 bridgehead atoms. The second-order valence-corrected chi connectivity index (χ2v) is 4.99. The van der Waals surface area contributed by atoms with Gasteiger partial charge in [-0.3, -0.25) is 0 Å². The number of ether oxygens (including phenoxy) is 1. The summed E-state index contributed by atoms with van der Waals surface area (Å²) in [4.78, 5) is 0. The van der Waals surface area contributed by atoms with E-state index in [1.807, 2.05) is 18.2 Å². The summed E-state index contributed by atoms with van der Waals surface area (Å²) in [6, 6.07) is 8.25. The van der Waals surface area contributed by atoms with Crippen LogP contribution in [0.5, 0.6) is 5.75 Å². The maximum atomic E-state index is 5.89. The largest absolute Gasteiger partial charge is 0.496 e. The zero-order valence-corrected chi connectivity index (χ0v) is 11.7. The minimum absolute atomic E-state index is 0.165. The van der Waals surface area contributed by atoms with E-state index in [1.54, 1.807) is 12.7 Å². The van der Waals surface area contributed by atoms with Crippen LogP contribution in [-0.2, 0) is 0 Å². The molecule has 1 aromatic rings. The van der Waals surface area contributed by atoms with E-state index in [0.717, 1.165) is 24.3 Å². The lowest BCUT2D eigenvalue weighted by atomic mass is 10.1. The van der Waals surface area contributed by atoms with Crippen molar-refractivity contribution < 1.29 is 4.74 Å². The standard InChI is InChI=1S/C16H24N2O/c1-19-16-9-5-4-8-14(16)15(12-17)18-11-10-13-6-2-3-7-13/h4-6,8-9,15,18H,2-3,7,10-12,17H2,1H3. The van der Waals surface area contributed by atoms with Crippen molar-refractivity contribution in [3.8, 4) is 5.75 Å². The Hall–Kier alpha value is -1.32. The van der Waals surface area contributed by atoms with E-state index in [4.69, 9.17) is 10.5 Å². The minimum atomic E-state index is 0.165. The van der Waals surface area contributed by atoms with Crippen molar-refractivity contribution >= 4 is 0 Å². The van der Waals surface area contributed by atoms with Crippen molar-refractivity contribution in [3.05, 3.63) is 41.5 Å². The van der Waals surface area contributed by atoms with Crippen molar-refractivity contribution in [1.29, 1.82) is 0 Å². The molecule has 0 fully saturated rings. The van der Waals surface area contributed by atoms with Gasteiger partial charge in [0.25, 0.3) is 0 Å². The lowest BCUT2D eigenvalue weighted by Crippen LogP contribution is -2.29. The van der Waals surface area contributed by atoms with Crippen molar-refractivity contribution in [1.82, 2.24) is 5.32 Å². The predicted molar refractivity (Wildman–Crippen MR) is 79.3 cm³/mol. The zero-order chi connectivity index (χ0) is 13.5. The predicted octanol–water partition coefficient (Wildman–Crippen LogP) is 2.79. The topological polar surface area (TPSA) is 47.3 Å². The molecule has 0 heterocycles. The SMILES string of the molecule is COc1ccccc1C(CN)NCCC1=CCCC1. The van der Waals surface area contributed by atoms with E-state index < -0.39 is 0 Å². The molecule has 1 aromatic carbocycles. The van der Waals surface area contributed by atoms with Gasteiger partial charge >= 0.3 is 0 Å². The van der Waals surface area contributed by atoms with E-state index in [0.29, 0.717) is 6.54 Å². The number of methoxy groups -OCH3 is 1. The fourth-order valence-corrected chi connectivity index (χ4v) is 2.65. The van der Waals surface area contributed by atoms with Gasteiger partial charge in [0.2, 0.25) is 0 Å². The van der Waals surface area contributed by atoms with E-state index in [9.17, 15) is 0 Å². The van der Waals surface area contributed by atoms with Crippen molar-refractivity contribution in [2.24, 2.45) is 5.73 Å². The van der Waals surface area contributed by atoms with E-state index >= 15 is 0 Å². The molecular formula is C16H24N2O. The average Bonchev–Trinajstić information content (AvgIpc) is 2.97. The first-order valence-corrected chi connectivity index (χ1v) is 7.09. The van der Waals surface area contributed by atoms with Crippen LogP contribution in [0, 0.1) is 0 Å². The monoisotopic (exact) mass is 260 g/mol. The summed E-state index contributed by atoms with van der Waals surface area (Å²) in [5.74, 6) is 0.908. The minimum Gasteiger partial charge on any atom is -0.496 e. The van der Waals surface area contributed by atoms with Gasteiger partial charge in [0.1, 0.15) is 5.75 Å². The molecule has 0 aromatic heterocycles. The van der Waals surface area contributed by atoms with Gasteiger partial charge in [-0.05, 0) is 38.3 Å². The van der Waals surface area contributed by atoms with Crippen molar-refractivity contribution in [2.45, 2.75) is 31.7 Å². The number of allylic oxidation sites excluding steroid dienone is 1. The molecular weight excluding hydrogens is 236 g/mol. The fraction of sp³-hybridized carbons (Fsp3) is 0.500. The number of para-hydroxylation sites is 1. The molecule has 0 saturated heterocycles. The molecule has 0 radical (unpaired) electrons. The summed E-state index contributed by atoms with van der Waals surface area (Å²) in [6.07, 6.45) is 7.35. The van der Waals surface area contributed by atoms with E-state index in [2.05, 4.69) is 17.5 Å². The van der Waals surface area contributed by atoms with Crippen LogP contribution in [0.25, 0.3) is 0 Å². The van der Waals surface area contributed by atoms with Crippen LogP contribution in [0.1, 0.15) is 37.3 Å². The third-order valence-electron chi connectivity index (χ3n) is 3.72. The normalized spacial score (nSPS) is 16.2. The zero-order valence-electron chi connectivity index (χ0n) is 11.7. The molecule has 1 aliphatic carbocycles. The van der Waals surface area contributed by atoms with Crippen LogP contribution in [0.3, 0.4) is 0 Å². The van der Waals surface area contributed by atoms with Crippen LogP contribution in [0.2, 0.25) is 0 Å². The second-order valence-electron chi connectivity index (χ2n) is 4.99. The van der Waals surface area contributed by atoms with E-state index in [1.165, 1.54) is 19.3 Å². The molecule has 1 aliphatic rings. The third kappa shape index (κ3) is 3.82. The summed E-state index contributed by atoms with van der Waals surface area (Å²) >= 11 is 0. The number of nitrogens with one attached hydrogen (secondary N) is 1. The third-order valence-corrected chi connectivity index (χ3v) is 3.72. The smallest absolute Gasteiger partial charge is 0.123 e. The maximum absolute atomic E-state index is 5.89. The first-order valence-electron chi connectivity index (χ1n) is 7.09. The van der Waals surface area contributed by atoms with Crippen LogP contribution >= 0.6 is 0 Å². The summed E-state index contributed by atoms with van der Waals surface area (Å²) in [5.41, 5.74) is 8.62. The van der Waals surface area contributed by atoms with Crippen LogP contribution in [0.4, 0.5) is 0 Å². The highest BCUT2D eigenvalue weighted by molar-refractivity contribution is 5.36. The molecule has 19 heavy (non-hydrogen) atoms. The van der Waals surface area contributed by atoms with Crippen LogP contribution < -0.4 is 15.8 Å². The lowest BCUT2D eigenvalue weighted by molar-refractivity contribution is 0.399. The summed E-state index contributed by atoms with van der Waals surface area (Å²) in [7, 11) is 1.70. The average molecular weight is 260 g/mol. The Kier molecular flexibility index (Phi) is 5.43. The van der Waals surface area contributed by atoms with Gasteiger partial charge in [0.15, 0.2) is 0 Å². The number of benzene rings is 1. The number of hydrogen-bond donors (Lipinski definition) is 2. The Morgan fingerprint density at radius 3 is 2.89 bits per heavy atom. The highest BCUT2D eigenvalue weighted by Gasteiger charge is 2.13. The summed E-state index contributed by atoms with van der Waals surface area (Å²) < 4.78 is 5.40. The fourth-order valence-electron chi connectivity index (χ4n) is 2.65. The van der Waals surface area contributed by atoms with Crippen molar-refractivity contribution in [3.63, 3.8) is 0 Å². The van der Waals surface area contributed by atoms with Gasteiger partial charge < -0.3 is 15.8 Å². The summed E-state index contributed by atoms with van der Waals surface area (Å²) in [6.45, 7) is 1.56. The van der Waals surface area contributed by atoms with Gasteiger partial charge in [0.05, 0.1) is 7.11 Å². The van der Waals surface area contributed by atoms with Gasteiger partial charge in [-0.1, -0.05) is 29.8 Å².